The van der Waals surface area contributed by atoms with Crippen LogP contribution in [0.25, 0.3) is 0 Å². The zero-order valence-electron chi connectivity index (χ0n) is 19.4. The number of carbonyl (C=O) groups excluding carboxylic acids is 2. The first-order valence-electron chi connectivity index (χ1n) is 11.1. The van der Waals surface area contributed by atoms with Crippen LogP contribution in [0.5, 0.6) is 0 Å². The molecule has 1 atom stereocenters. The number of hydrogen-bond acceptors (Lipinski definition) is 5. The predicted molar refractivity (Wildman–Crippen MR) is 126 cm³/mol. The average Bonchev–Trinajstić information content (AvgIpc) is 2.80. The maximum atomic E-state index is 13.1. The van der Waals surface area contributed by atoms with Gasteiger partial charge < -0.3 is 10.1 Å². The monoisotopic (exact) mass is 491 g/mol. The molecule has 1 saturated carbocycles. The molecule has 0 saturated heterocycles. The summed E-state index contributed by atoms with van der Waals surface area (Å²) in [4.78, 5) is 24.2. The zero-order valence-corrected chi connectivity index (χ0v) is 20.2. The Morgan fingerprint density at radius 1 is 1.06 bits per heavy atom. The van der Waals surface area contributed by atoms with Crippen LogP contribution in [0.2, 0.25) is 0 Å². The van der Waals surface area contributed by atoms with Crippen LogP contribution in [0, 0.1) is 18.7 Å². The molecule has 184 valence electrons. The van der Waals surface area contributed by atoms with Gasteiger partial charge in [0.15, 0.2) is 0 Å². The average molecular weight is 492 g/mol. The van der Waals surface area contributed by atoms with E-state index in [-0.39, 0.29) is 34.6 Å². The van der Waals surface area contributed by atoms with Gasteiger partial charge in [0, 0.05) is 17.6 Å². The number of amides is 2. The molecule has 8 nitrogen and oxygen atoms in total. The van der Waals surface area contributed by atoms with Crippen molar-refractivity contribution in [2.45, 2.75) is 56.5 Å². The summed E-state index contributed by atoms with van der Waals surface area (Å²) >= 11 is 0. The lowest BCUT2D eigenvalue weighted by molar-refractivity contribution is -0.126. The summed E-state index contributed by atoms with van der Waals surface area (Å²) in [6, 6.07) is 9.95. The van der Waals surface area contributed by atoms with Crippen molar-refractivity contribution in [3.05, 3.63) is 59.4 Å². The van der Waals surface area contributed by atoms with Crippen molar-refractivity contribution in [1.29, 1.82) is 0 Å². The molecule has 0 aliphatic heterocycles. The van der Waals surface area contributed by atoms with Crippen LogP contribution in [-0.4, -0.2) is 33.6 Å². The summed E-state index contributed by atoms with van der Waals surface area (Å²) in [6.45, 7) is 3.59. The number of carbonyl (C=O) groups is 2. The van der Waals surface area contributed by atoms with E-state index in [1.165, 1.54) is 31.4 Å². The van der Waals surface area contributed by atoms with Gasteiger partial charge in [-0.15, -0.1) is 0 Å². The van der Waals surface area contributed by atoms with Gasteiger partial charge in [-0.3, -0.25) is 10.1 Å². The summed E-state index contributed by atoms with van der Waals surface area (Å²) in [6.07, 6.45) is 1.48. The topological polar surface area (TPSA) is 114 Å². The lowest BCUT2D eigenvalue weighted by Crippen LogP contribution is -2.41. The van der Waals surface area contributed by atoms with E-state index >= 15 is 0 Å². The number of benzene rings is 2. The van der Waals surface area contributed by atoms with Crippen molar-refractivity contribution in [3.63, 3.8) is 0 Å². The number of nitrogens with one attached hydrogen (secondary N) is 3. The third-order valence-corrected chi connectivity index (χ3v) is 7.61. The number of halogens is 1. The first kappa shape index (κ1) is 25.6. The molecule has 0 aromatic heterocycles. The molecule has 2 aromatic carbocycles. The number of methoxy groups -OCH3 is 1. The van der Waals surface area contributed by atoms with Crippen LogP contribution < -0.4 is 15.4 Å². The van der Waals surface area contributed by atoms with Crippen molar-refractivity contribution in [3.8, 4) is 0 Å². The van der Waals surface area contributed by atoms with E-state index in [2.05, 4.69) is 20.1 Å². The third kappa shape index (κ3) is 6.54. The number of anilines is 1. The van der Waals surface area contributed by atoms with E-state index in [0.29, 0.717) is 36.9 Å². The van der Waals surface area contributed by atoms with Crippen LogP contribution in [0.4, 0.5) is 14.9 Å². The van der Waals surface area contributed by atoms with Crippen LogP contribution >= 0.6 is 0 Å². The Hall–Kier alpha value is -2.98. The normalized spacial score (nSPS) is 19.2. The fraction of sp³-hybridized carbons (Fsp3) is 0.417. The van der Waals surface area contributed by atoms with Crippen LogP contribution in [0.15, 0.2) is 47.4 Å². The van der Waals surface area contributed by atoms with E-state index in [0.717, 1.165) is 5.56 Å². The van der Waals surface area contributed by atoms with Crippen molar-refractivity contribution >= 4 is 27.7 Å². The summed E-state index contributed by atoms with van der Waals surface area (Å²) in [5, 5.41) is 5.47. The van der Waals surface area contributed by atoms with Gasteiger partial charge in [0.1, 0.15) is 5.82 Å². The number of aryl methyl sites for hydroxylation is 1. The minimum Gasteiger partial charge on any atom is -0.453 e. The first-order chi connectivity index (χ1) is 16.1. The van der Waals surface area contributed by atoms with E-state index < -0.39 is 16.1 Å². The molecule has 0 spiro atoms. The molecular weight excluding hydrogens is 461 g/mol. The largest absolute Gasteiger partial charge is 0.453 e. The minimum absolute atomic E-state index is 0.0393. The highest BCUT2D eigenvalue weighted by Crippen LogP contribution is 2.27. The Bertz CT molecular complexity index is 1130. The van der Waals surface area contributed by atoms with Gasteiger partial charge in [0.05, 0.1) is 18.0 Å². The van der Waals surface area contributed by atoms with Gasteiger partial charge in [-0.2, -0.15) is 0 Å². The number of ether oxygens (including phenoxy) is 1. The Kier molecular flexibility index (Phi) is 8.27. The van der Waals surface area contributed by atoms with Crippen LogP contribution in [0.3, 0.4) is 0 Å². The highest BCUT2D eigenvalue weighted by atomic mass is 32.2. The highest BCUT2D eigenvalue weighted by molar-refractivity contribution is 7.89. The maximum absolute atomic E-state index is 13.1. The quantitative estimate of drug-likeness (QED) is 0.541. The van der Waals surface area contributed by atoms with Gasteiger partial charge >= 0.3 is 6.09 Å². The molecule has 0 bridgehead atoms. The smallest absolute Gasteiger partial charge is 0.411 e. The predicted octanol–water partition coefficient (Wildman–Crippen LogP) is 4.03. The molecule has 10 heteroatoms. The summed E-state index contributed by atoms with van der Waals surface area (Å²) in [5.74, 6) is -0.626. The molecule has 2 amide bonds. The molecule has 1 aliphatic carbocycles. The Balaban J connectivity index is 1.56. The summed E-state index contributed by atoms with van der Waals surface area (Å²) < 4.78 is 46.2. The molecule has 0 radical (unpaired) electrons. The summed E-state index contributed by atoms with van der Waals surface area (Å²) in [7, 11) is -2.58. The standard InChI is InChI=1S/C24H30FN3O5S/c1-15-4-13-21(14-22(15)27-24(30)33-3)34(31,32)28-20-11-7-18(8-12-20)23(29)26-16(2)17-5-9-19(25)10-6-17/h4-6,9-10,13-14,16,18,20,28H,7-8,11-12H2,1-3H3,(H,26,29)(H,27,30)/t16-,18-,20-/m1/s1. The summed E-state index contributed by atoms with van der Waals surface area (Å²) in [5.41, 5.74) is 1.87. The van der Waals surface area contributed by atoms with E-state index in [9.17, 15) is 22.4 Å². The fourth-order valence-corrected chi connectivity index (χ4v) is 5.32. The van der Waals surface area contributed by atoms with E-state index in [4.69, 9.17) is 0 Å². The Morgan fingerprint density at radius 2 is 1.71 bits per heavy atom. The highest BCUT2D eigenvalue weighted by Gasteiger charge is 2.30. The number of hydrogen-bond donors (Lipinski definition) is 3. The molecule has 3 rings (SSSR count). The third-order valence-electron chi connectivity index (χ3n) is 6.09. The minimum atomic E-state index is -3.81. The second kappa shape index (κ2) is 11.0. The van der Waals surface area contributed by atoms with Crippen molar-refractivity contribution in [2.75, 3.05) is 12.4 Å². The van der Waals surface area contributed by atoms with Gasteiger partial charge in [0.2, 0.25) is 15.9 Å². The van der Waals surface area contributed by atoms with Crippen molar-refractivity contribution < 1.29 is 27.1 Å². The number of sulfonamides is 1. The second-order valence-corrected chi connectivity index (χ2v) is 10.3. The molecule has 1 fully saturated rings. The second-order valence-electron chi connectivity index (χ2n) is 8.54. The van der Waals surface area contributed by atoms with E-state index in [1.54, 1.807) is 25.1 Å². The molecular formula is C24H30FN3O5S. The Labute approximate surface area is 199 Å². The van der Waals surface area contributed by atoms with Gasteiger partial charge in [-0.05, 0) is 74.9 Å². The van der Waals surface area contributed by atoms with Crippen LogP contribution in [-0.2, 0) is 19.6 Å². The molecule has 3 N–H and O–H groups in total. The number of rotatable bonds is 7. The molecule has 0 heterocycles. The van der Waals surface area contributed by atoms with Crippen molar-refractivity contribution in [2.24, 2.45) is 5.92 Å². The molecule has 2 aromatic rings. The maximum Gasteiger partial charge on any atom is 0.411 e. The molecule has 0 unspecified atom stereocenters. The van der Waals surface area contributed by atoms with Crippen LogP contribution in [0.1, 0.15) is 49.8 Å². The molecule has 1 aliphatic rings. The molecule has 34 heavy (non-hydrogen) atoms. The van der Waals surface area contributed by atoms with E-state index in [1.807, 2.05) is 6.92 Å². The Morgan fingerprint density at radius 3 is 2.32 bits per heavy atom. The van der Waals surface area contributed by atoms with Gasteiger partial charge in [0.25, 0.3) is 0 Å². The lowest BCUT2D eigenvalue weighted by atomic mass is 9.85. The van der Waals surface area contributed by atoms with Gasteiger partial charge in [-0.25, -0.2) is 22.3 Å². The zero-order chi connectivity index (χ0) is 24.9. The fourth-order valence-electron chi connectivity index (χ4n) is 3.99. The van der Waals surface area contributed by atoms with Gasteiger partial charge in [-0.1, -0.05) is 18.2 Å². The SMILES string of the molecule is COC(=O)Nc1cc(S(=O)(=O)N[C@H]2CC[C@H](C(=O)N[C@H](C)c3ccc(F)cc3)CC2)ccc1C. The lowest BCUT2D eigenvalue weighted by Gasteiger charge is -2.29. The first-order valence-corrected chi connectivity index (χ1v) is 12.6. The van der Waals surface area contributed by atoms with Crippen molar-refractivity contribution in [1.82, 2.24) is 10.0 Å².